The number of hydrogen-bond acceptors (Lipinski definition) is 4. The normalized spacial score (nSPS) is 13.2. The predicted molar refractivity (Wildman–Crippen MR) is 83.7 cm³/mol. The van der Waals surface area contributed by atoms with E-state index >= 15 is 0 Å². The van der Waals surface area contributed by atoms with E-state index in [1.165, 1.54) is 30.5 Å². The van der Waals surface area contributed by atoms with Gasteiger partial charge in [-0.25, -0.2) is 9.37 Å². The number of aromatic nitrogens is 1. The molecular weight excluding hydrogens is 299 g/mol. The summed E-state index contributed by atoms with van der Waals surface area (Å²) in [5.74, 6) is -0.439. The number of carbonyl (C=O) groups excluding carboxylic acids is 1. The van der Waals surface area contributed by atoms with Crippen LogP contribution in [0.1, 0.15) is 36.0 Å². The maximum Gasteiger partial charge on any atom is 0.274 e. The molecule has 1 aromatic heterocycles. The molecule has 2 atom stereocenters. The topological polar surface area (TPSA) is 71.5 Å². The Hall–Kier alpha value is -2.47. The van der Waals surface area contributed by atoms with E-state index in [9.17, 15) is 14.3 Å². The molecule has 1 heterocycles. The lowest BCUT2D eigenvalue weighted by atomic mass is 10.0. The van der Waals surface area contributed by atoms with Gasteiger partial charge in [-0.15, -0.1) is 0 Å². The van der Waals surface area contributed by atoms with Gasteiger partial charge in [0.1, 0.15) is 5.82 Å². The lowest BCUT2D eigenvalue weighted by Gasteiger charge is -2.21. The summed E-state index contributed by atoms with van der Waals surface area (Å²) in [5, 5.41) is 12.9. The van der Waals surface area contributed by atoms with Crippen molar-refractivity contribution in [3.8, 4) is 5.75 Å². The molecule has 0 saturated carbocycles. The van der Waals surface area contributed by atoms with Crippen LogP contribution in [0.15, 0.2) is 42.6 Å². The monoisotopic (exact) mass is 318 g/mol. The molecule has 0 radical (unpaired) electrons. The molecular formula is C17H19FN2O3. The van der Waals surface area contributed by atoms with Crippen LogP contribution in [0.3, 0.4) is 0 Å². The summed E-state index contributed by atoms with van der Waals surface area (Å²) >= 11 is 0. The van der Waals surface area contributed by atoms with Crippen molar-refractivity contribution in [1.29, 1.82) is 0 Å². The van der Waals surface area contributed by atoms with Crippen LogP contribution >= 0.6 is 0 Å². The standard InChI is InChI=1S/C17H19FN2O3/c1-3-23-14-5-4-10-19-15(14)17(22)20-11(2)16(21)12-6-8-13(18)9-7-12/h4-11,16,21H,3H2,1-2H3,(H,20,22). The fraction of sp³-hybridized carbons (Fsp3) is 0.294. The van der Waals surface area contributed by atoms with E-state index in [0.717, 1.165) is 0 Å². The highest BCUT2D eigenvalue weighted by Crippen LogP contribution is 2.19. The van der Waals surface area contributed by atoms with E-state index in [1.54, 1.807) is 19.1 Å². The van der Waals surface area contributed by atoms with Crippen molar-refractivity contribution < 1.29 is 19.0 Å². The third-order valence-corrected chi connectivity index (χ3v) is 3.33. The first-order valence-electron chi connectivity index (χ1n) is 7.35. The fourth-order valence-electron chi connectivity index (χ4n) is 2.14. The number of rotatable bonds is 6. The van der Waals surface area contributed by atoms with Crippen LogP contribution in [0.2, 0.25) is 0 Å². The second-order valence-corrected chi connectivity index (χ2v) is 5.04. The molecule has 0 saturated heterocycles. The number of amides is 1. The summed E-state index contributed by atoms with van der Waals surface area (Å²) in [6.07, 6.45) is 0.539. The number of hydrogen-bond donors (Lipinski definition) is 2. The molecule has 0 aliphatic heterocycles. The highest BCUT2D eigenvalue weighted by atomic mass is 19.1. The number of halogens is 1. The van der Waals surface area contributed by atoms with Crippen LogP contribution in [-0.2, 0) is 0 Å². The number of pyridine rings is 1. The number of aliphatic hydroxyl groups excluding tert-OH is 1. The Balaban J connectivity index is 2.09. The second-order valence-electron chi connectivity index (χ2n) is 5.04. The van der Waals surface area contributed by atoms with Gasteiger partial charge in [-0.2, -0.15) is 0 Å². The van der Waals surface area contributed by atoms with E-state index in [4.69, 9.17) is 4.74 Å². The van der Waals surface area contributed by atoms with Gasteiger partial charge < -0.3 is 15.2 Å². The first-order chi connectivity index (χ1) is 11.0. The van der Waals surface area contributed by atoms with E-state index in [-0.39, 0.29) is 11.5 Å². The molecule has 1 aromatic carbocycles. The predicted octanol–water partition coefficient (Wildman–Crippen LogP) is 2.47. The SMILES string of the molecule is CCOc1cccnc1C(=O)NC(C)C(O)c1ccc(F)cc1. The highest BCUT2D eigenvalue weighted by Gasteiger charge is 2.21. The van der Waals surface area contributed by atoms with Crippen molar-refractivity contribution in [2.24, 2.45) is 0 Å². The molecule has 2 unspecified atom stereocenters. The lowest BCUT2D eigenvalue weighted by Crippen LogP contribution is -2.37. The molecule has 0 spiro atoms. The zero-order valence-electron chi connectivity index (χ0n) is 13.0. The Morgan fingerprint density at radius 1 is 1.35 bits per heavy atom. The third-order valence-electron chi connectivity index (χ3n) is 3.33. The quantitative estimate of drug-likeness (QED) is 0.858. The number of aliphatic hydroxyl groups is 1. The van der Waals surface area contributed by atoms with Crippen molar-refractivity contribution in [2.75, 3.05) is 6.61 Å². The molecule has 0 aliphatic rings. The maximum atomic E-state index is 12.9. The molecule has 23 heavy (non-hydrogen) atoms. The molecule has 0 aliphatic carbocycles. The summed E-state index contributed by atoms with van der Waals surface area (Å²) in [4.78, 5) is 16.3. The van der Waals surface area contributed by atoms with Crippen LogP contribution in [-0.4, -0.2) is 28.6 Å². The Morgan fingerprint density at radius 3 is 2.70 bits per heavy atom. The first-order valence-corrected chi connectivity index (χ1v) is 7.35. The number of nitrogens with zero attached hydrogens (tertiary/aromatic N) is 1. The van der Waals surface area contributed by atoms with Gasteiger partial charge in [-0.1, -0.05) is 12.1 Å². The van der Waals surface area contributed by atoms with Gasteiger partial charge >= 0.3 is 0 Å². The smallest absolute Gasteiger partial charge is 0.274 e. The molecule has 2 aromatic rings. The maximum absolute atomic E-state index is 12.9. The summed E-state index contributed by atoms with van der Waals surface area (Å²) in [6.45, 7) is 3.89. The Labute approximate surface area is 134 Å². The van der Waals surface area contributed by atoms with Gasteiger partial charge in [-0.3, -0.25) is 4.79 Å². The number of nitrogens with one attached hydrogen (secondary N) is 1. The molecule has 0 bridgehead atoms. The van der Waals surface area contributed by atoms with E-state index in [2.05, 4.69) is 10.3 Å². The summed E-state index contributed by atoms with van der Waals surface area (Å²) < 4.78 is 18.3. The molecule has 2 rings (SSSR count). The Kier molecular flexibility index (Phi) is 5.65. The van der Waals surface area contributed by atoms with Crippen LogP contribution in [0, 0.1) is 5.82 Å². The van der Waals surface area contributed by atoms with E-state index in [0.29, 0.717) is 17.9 Å². The van der Waals surface area contributed by atoms with Crippen molar-refractivity contribution in [1.82, 2.24) is 10.3 Å². The minimum Gasteiger partial charge on any atom is -0.491 e. The van der Waals surface area contributed by atoms with Gasteiger partial charge in [-0.05, 0) is 43.7 Å². The van der Waals surface area contributed by atoms with E-state index in [1.807, 2.05) is 6.92 Å². The summed E-state index contributed by atoms with van der Waals surface area (Å²) in [7, 11) is 0. The first kappa shape index (κ1) is 16.9. The van der Waals surface area contributed by atoms with Crippen LogP contribution < -0.4 is 10.1 Å². The fourth-order valence-corrected chi connectivity index (χ4v) is 2.14. The zero-order chi connectivity index (χ0) is 16.8. The molecule has 5 nitrogen and oxygen atoms in total. The van der Waals surface area contributed by atoms with Gasteiger partial charge in [0.2, 0.25) is 0 Å². The average molecular weight is 318 g/mol. The molecule has 6 heteroatoms. The van der Waals surface area contributed by atoms with Crippen LogP contribution in [0.4, 0.5) is 4.39 Å². The molecule has 1 amide bonds. The minimum atomic E-state index is -0.959. The van der Waals surface area contributed by atoms with Gasteiger partial charge in [0.05, 0.1) is 18.8 Å². The third kappa shape index (κ3) is 4.26. The van der Waals surface area contributed by atoms with Crippen molar-refractivity contribution in [3.05, 3.63) is 59.7 Å². The van der Waals surface area contributed by atoms with Crippen molar-refractivity contribution in [2.45, 2.75) is 26.0 Å². The number of benzene rings is 1. The van der Waals surface area contributed by atoms with Crippen molar-refractivity contribution in [3.63, 3.8) is 0 Å². The summed E-state index contributed by atoms with van der Waals surface area (Å²) in [5.41, 5.74) is 0.678. The molecule has 122 valence electrons. The van der Waals surface area contributed by atoms with Crippen LogP contribution in [0.5, 0.6) is 5.75 Å². The van der Waals surface area contributed by atoms with Gasteiger partial charge in [0.15, 0.2) is 11.4 Å². The molecule has 0 fully saturated rings. The summed E-state index contributed by atoms with van der Waals surface area (Å²) in [6, 6.07) is 8.25. The highest BCUT2D eigenvalue weighted by molar-refractivity contribution is 5.95. The average Bonchev–Trinajstić information content (AvgIpc) is 2.55. The number of carbonyl (C=O) groups is 1. The van der Waals surface area contributed by atoms with E-state index < -0.39 is 18.1 Å². The Morgan fingerprint density at radius 2 is 2.04 bits per heavy atom. The van der Waals surface area contributed by atoms with Crippen molar-refractivity contribution >= 4 is 5.91 Å². The Bertz CT molecular complexity index is 661. The van der Waals surface area contributed by atoms with Gasteiger partial charge in [0, 0.05) is 6.20 Å². The zero-order valence-corrected chi connectivity index (χ0v) is 13.0. The van der Waals surface area contributed by atoms with Crippen LogP contribution in [0.25, 0.3) is 0 Å². The molecule has 2 N–H and O–H groups in total. The van der Waals surface area contributed by atoms with Gasteiger partial charge in [0.25, 0.3) is 5.91 Å². The second kappa shape index (κ2) is 7.69. The minimum absolute atomic E-state index is 0.160. The number of ether oxygens (including phenoxy) is 1. The lowest BCUT2D eigenvalue weighted by molar-refractivity contribution is 0.0843. The largest absolute Gasteiger partial charge is 0.491 e.